The molecule has 5 aromatic rings. The minimum atomic E-state index is -0.188. The third-order valence-electron chi connectivity index (χ3n) is 5.91. The van der Waals surface area contributed by atoms with Gasteiger partial charge in [0.2, 0.25) is 0 Å². The molecule has 0 atom stereocenters. The van der Waals surface area contributed by atoms with Gasteiger partial charge in [-0.15, -0.1) is 0 Å². The van der Waals surface area contributed by atoms with Gasteiger partial charge >= 0.3 is 0 Å². The average Bonchev–Trinajstić information content (AvgIpc) is 3.38. The van der Waals surface area contributed by atoms with Crippen molar-refractivity contribution in [2.45, 2.75) is 26.9 Å². The molecule has 0 bridgehead atoms. The molecule has 0 unspecified atom stereocenters. The van der Waals surface area contributed by atoms with E-state index in [2.05, 4.69) is 61.8 Å². The molecule has 3 aromatic carbocycles. The van der Waals surface area contributed by atoms with Crippen molar-refractivity contribution < 1.29 is 4.79 Å². The van der Waals surface area contributed by atoms with Crippen molar-refractivity contribution in [2.24, 2.45) is 0 Å². The molecular weight excluding hydrogens is 490 g/mol. The molecule has 0 spiro atoms. The second kappa shape index (κ2) is 9.27. The summed E-state index contributed by atoms with van der Waals surface area (Å²) in [5, 5.41) is 14.4. The maximum atomic E-state index is 12.9. The Kier molecular flexibility index (Phi) is 6.02. The molecule has 0 radical (unpaired) electrons. The Morgan fingerprint density at radius 2 is 1.74 bits per heavy atom. The summed E-state index contributed by atoms with van der Waals surface area (Å²) < 4.78 is 4.79. The first-order valence-electron chi connectivity index (χ1n) is 11.1. The fraction of sp³-hybridized carbons (Fsp3) is 0.148. The lowest BCUT2D eigenvalue weighted by molar-refractivity contribution is 0.102. The van der Waals surface area contributed by atoms with Crippen molar-refractivity contribution in [2.75, 3.05) is 5.32 Å². The Morgan fingerprint density at radius 3 is 2.56 bits per heavy atom. The highest BCUT2D eigenvalue weighted by Crippen LogP contribution is 2.22. The maximum Gasteiger partial charge on any atom is 0.256 e. The van der Waals surface area contributed by atoms with Crippen LogP contribution in [-0.2, 0) is 13.1 Å². The zero-order valence-corrected chi connectivity index (χ0v) is 20.6. The number of carbonyl (C=O) groups excluding carboxylic acids is 1. The van der Waals surface area contributed by atoms with Gasteiger partial charge in [-0.25, -0.2) is 0 Å². The quantitative estimate of drug-likeness (QED) is 0.304. The molecule has 6 nitrogen and oxygen atoms in total. The summed E-state index contributed by atoms with van der Waals surface area (Å²) in [6.45, 7) is 5.22. The molecule has 2 heterocycles. The highest BCUT2D eigenvalue weighted by atomic mass is 79.9. The number of hydrogen-bond acceptors (Lipinski definition) is 3. The number of fused-ring (bicyclic) bond motifs is 1. The minimum Gasteiger partial charge on any atom is -0.305 e. The van der Waals surface area contributed by atoms with Gasteiger partial charge in [-0.1, -0.05) is 54.6 Å². The van der Waals surface area contributed by atoms with E-state index in [0.717, 1.165) is 21.4 Å². The van der Waals surface area contributed by atoms with Crippen LogP contribution in [-0.4, -0.2) is 25.5 Å². The number of amides is 1. The van der Waals surface area contributed by atoms with Crippen molar-refractivity contribution in [1.29, 1.82) is 0 Å². The summed E-state index contributed by atoms with van der Waals surface area (Å²) in [4.78, 5) is 12.9. The summed E-state index contributed by atoms with van der Waals surface area (Å²) in [5.74, 6) is 0.338. The molecule has 170 valence electrons. The highest BCUT2D eigenvalue weighted by Gasteiger charge is 2.12. The van der Waals surface area contributed by atoms with Gasteiger partial charge in [-0.05, 0) is 63.8 Å². The number of carbonyl (C=O) groups is 1. The summed E-state index contributed by atoms with van der Waals surface area (Å²) >= 11 is 3.57. The van der Waals surface area contributed by atoms with Crippen molar-refractivity contribution in [3.8, 4) is 0 Å². The predicted molar refractivity (Wildman–Crippen MR) is 138 cm³/mol. The van der Waals surface area contributed by atoms with Crippen LogP contribution >= 0.6 is 15.9 Å². The number of hydrogen-bond donors (Lipinski definition) is 1. The van der Waals surface area contributed by atoms with Gasteiger partial charge in [0, 0.05) is 17.8 Å². The van der Waals surface area contributed by atoms with Crippen LogP contribution in [0.25, 0.3) is 10.8 Å². The van der Waals surface area contributed by atoms with Gasteiger partial charge in [-0.2, -0.15) is 10.2 Å². The Bertz CT molecular complexity index is 1490. The van der Waals surface area contributed by atoms with Crippen LogP contribution in [0.4, 0.5) is 5.82 Å². The van der Waals surface area contributed by atoms with Gasteiger partial charge in [-0.3, -0.25) is 14.2 Å². The molecule has 0 saturated heterocycles. The zero-order valence-electron chi connectivity index (χ0n) is 19.0. The van der Waals surface area contributed by atoms with Crippen molar-refractivity contribution in [1.82, 2.24) is 19.6 Å². The fourth-order valence-corrected chi connectivity index (χ4v) is 4.41. The van der Waals surface area contributed by atoms with E-state index in [-0.39, 0.29) is 5.91 Å². The summed E-state index contributed by atoms with van der Waals surface area (Å²) in [7, 11) is 0. The van der Waals surface area contributed by atoms with Crippen LogP contribution in [0, 0.1) is 13.8 Å². The Hall–Kier alpha value is -3.71. The van der Waals surface area contributed by atoms with E-state index in [1.807, 2.05) is 71.9 Å². The number of anilines is 1. The van der Waals surface area contributed by atoms with Gasteiger partial charge in [0.15, 0.2) is 5.82 Å². The monoisotopic (exact) mass is 513 g/mol. The molecule has 0 saturated carbocycles. The standard InChI is InChI=1S/C27H24BrN5O/c1-18-26(28)19(2)33(30-18)16-20-7-5-10-22(15-20)27(34)29-25-13-14-32(31-25)17-23-11-6-9-21-8-3-4-12-24(21)23/h3-15H,16-17H2,1-2H3,(H,29,31,34). The third-order valence-corrected chi connectivity index (χ3v) is 7.06. The molecule has 1 N–H and O–H groups in total. The third kappa shape index (κ3) is 4.52. The zero-order chi connectivity index (χ0) is 23.7. The molecule has 0 aliphatic carbocycles. The average molecular weight is 514 g/mol. The second-order valence-corrected chi connectivity index (χ2v) is 9.13. The molecular formula is C27H24BrN5O. The minimum absolute atomic E-state index is 0.188. The van der Waals surface area contributed by atoms with Crippen molar-refractivity contribution in [3.05, 3.63) is 112 Å². The first-order valence-corrected chi connectivity index (χ1v) is 11.9. The van der Waals surface area contributed by atoms with E-state index >= 15 is 0 Å². The molecule has 1 amide bonds. The van der Waals surface area contributed by atoms with E-state index in [0.29, 0.717) is 24.5 Å². The lowest BCUT2D eigenvalue weighted by atomic mass is 10.0. The van der Waals surface area contributed by atoms with E-state index < -0.39 is 0 Å². The van der Waals surface area contributed by atoms with Crippen LogP contribution in [0.15, 0.2) is 83.5 Å². The fourth-order valence-electron chi connectivity index (χ4n) is 4.12. The number of aryl methyl sites for hydroxylation is 1. The smallest absolute Gasteiger partial charge is 0.256 e. The van der Waals surface area contributed by atoms with E-state index in [4.69, 9.17) is 0 Å². The molecule has 7 heteroatoms. The van der Waals surface area contributed by atoms with Crippen LogP contribution in [0.5, 0.6) is 0 Å². The van der Waals surface area contributed by atoms with Crippen LogP contribution < -0.4 is 5.32 Å². The SMILES string of the molecule is Cc1nn(Cc2cccc(C(=O)Nc3ccn(Cc4cccc5ccccc45)n3)c2)c(C)c1Br. The summed E-state index contributed by atoms with van der Waals surface area (Å²) in [5.41, 5.74) is 4.78. The Balaban J connectivity index is 1.29. The number of nitrogens with zero attached hydrogens (tertiary/aromatic N) is 4. The van der Waals surface area contributed by atoms with Gasteiger partial charge < -0.3 is 5.32 Å². The molecule has 0 fully saturated rings. The topological polar surface area (TPSA) is 64.7 Å². The second-order valence-electron chi connectivity index (χ2n) is 8.33. The highest BCUT2D eigenvalue weighted by molar-refractivity contribution is 9.10. The lowest BCUT2D eigenvalue weighted by Gasteiger charge is -2.08. The molecule has 0 aliphatic rings. The molecule has 0 aliphatic heterocycles. The number of halogens is 1. The van der Waals surface area contributed by atoms with Crippen LogP contribution in [0.3, 0.4) is 0 Å². The van der Waals surface area contributed by atoms with Gasteiger partial charge in [0.25, 0.3) is 5.91 Å². The van der Waals surface area contributed by atoms with Crippen molar-refractivity contribution >= 4 is 38.4 Å². The number of benzene rings is 3. The number of nitrogens with one attached hydrogen (secondary N) is 1. The van der Waals surface area contributed by atoms with Crippen molar-refractivity contribution in [3.63, 3.8) is 0 Å². The van der Waals surface area contributed by atoms with E-state index in [1.54, 1.807) is 0 Å². The first kappa shape index (κ1) is 22.1. The number of aromatic nitrogens is 4. The lowest BCUT2D eigenvalue weighted by Crippen LogP contribution is -2.14. The molecule has 34 heavy (non-hydrogen) atoms. The van der Waals surface area contributed by atoms with Gasteiger partial charge in [0.1, 0.15) is 0 Å². The van der Waals surface area contributed by atoms with E-state index in [9.17, 15) is 4.79 Å². The number of rotatable bonds is 6. The summed E-state index contributed by atoms with van der Waals surface area (Å²) in [6.07, 6.45) is 1.88. The molecule has 5 rings (SSSR count). The predicted octanol–water partition coefficient (Wildman–Crippen LogP) is 5.96. The van der Waals surface area contributed by atoms with E-state index in [1.165, 1.54) is 16.3 Å². The molecule has 2 aromatic heterocycles. The van der Waals surface area contributed by atoms with Crippen LogP contribution in [0.2, 0.25) is 0 Å². The maximum absolute atomic E-state index is 12.9. The largest absolute Gasteiger partial charge is 0.305 e. The van der Waals surface area contributed by atoms with Gasteiger partial charge in [0.05, 0.1) is 29.0 Å². The van der Waals surface area contributed by atoms with Crippen LogP contribution in [0.1, 0.15) is 32.9 Å². The first-order chi connectivity index (χ1) is 16.5. The normalized spacial score (nSPS) is 11.1. The summed E-state index contributed by atoms with van der Waals surface area (Å²) in [6, 6.07) is 24.0. The Labute approximate surface area is 206 Å². The Morgan fingerprint density at radius 1 is 0.941 bits per heavy atom.